The van der Waals surface area contributed by atoms with Crippen LogP contribution in [-0.2, 0) is 16.8 Å². The van der Waals surface area contributed by atoms with Gasteiger partial charge in [-0.15, -0.1) is 0 Å². The second-order valence-corrected chi connectivity index (χ2v) is 14.6. The number of amides is 2. The standard InChI is InChI=1S/C39H44F3N7O6/c1-3-4-21-53-37(51)49-19-17-48(18-20-49)36-43-16-9-29(45-36)34-46-35(47-55-34)39-13-10-38(11-14-39,12-15-39)24-44-33(50)27-22-28(40)32(31(42)30(27)41)54-23-25-5-7-26(52-2)8-6-25/h5-9,16,22H,3-4,10-15,17-21,23-24H2,1-2H3,(H,44,50). The van der Waals surface area contributed by atoms with Crippen molar-refractivity contribution in [2.75, 3.05) is 51.3 Å². The Kier molecular flexibility index (Phi) is 11.1. The molecule has 2 amide bonds. The lowest BCUT2D eigenvalue weighted by Gasteiger charge is -2.52. The van der Waals surface area contributed by atoms with Gasteiger partial charge in [0.2, 0.25) is 11.8 Å². The first kappa shape index (κ1) is 37.9. The number of nitrogens with zero attached hydrogens (tertiary/aromatic N) is 6. The van der Waals surface area contributed by atoms with Crippen molar-refractivity contribution in [2.24, 2.45) is 5.41 Å². The summed E-state index contributed by atoms with van der Waals surface area (Å²) in [7, 11) is 1.51. The fourth-order valence-electron chi connectivity index (χ4n) is 7.63. The van der Waals surface area contributed by atoms with E-state index >= 15 is 4.39 Å². The number of unbranched alkanes of at least 4 members (excludes halogenated alkanes) is 1. The second kappa shape index (κ2) is 16.1. The maximum atomic E-state index is 15.1. The van der Waals surface area contributed by atoms with Crippen molar-refractivity contribution in [3.05, 3.63) is 77.0 Å². The minimum atomic E-state index is -1.56. The number of rotatable bonds is 13. The second-order valence-electron chi connectivity index (χ2n) is 14.6. The molecule has 55 heavy (non-hydrogen) atoms. The molecule has 4 aliphatic rings. The third-order valence-corrected chi connectivity index (χ3v) is 11.2. The Balaban J connectivity index is 0.928. The third kappa shape index (κ3) is 8.03. The highest BCUT2D eigenvalue weighted by Crippen LogP contribution is 2.57. The molecule has 1 aliphatic heterocycles. The van der Waals surface area contributed by atoms with Crippen LogP contribution in [0.3, 0.4) is 0 Å². The number of aromatic nitrogens is 4. The normalized spacial score (nSPS) is 20.7. The molecule has 292 valence electrons. The van der Waals surface area contributed by atoms with Gasteiger partial charge in [-0.1, -0.05) is 30.6 Å². The van der Waals surface area contributed by atoms with E-state index < -0.39 is 34.7 Å². The number of piperazine rings is 1. The van der Waals surface area contributed by atoms with Crippen molar-refractivity contribution in [1.82, 2.24) is 30.3 Å². The van der Waals surface area contributed by atoms with E-state index in [0.29, 0.717) is 73.5 Å². The summed E-state index contributed by atoms with van der Waals surface area (Å²) in [6.07, 6.45) is 7.63. The zero-order chi connectivity index (χ0) is 38.6. The zero-order valence-electron chi connectivity index (χ0n) is 30.9. The van der Waals surface area contributed by atoms with E-state index in [0.717, 1.165) is 51.4 Å². The lowest BCUT2D eigenvalue weighted by atomic mass is 9.53. The van der Waals surface area contributed by atoms with Crippen molar-refractivity contribution < 1.29 is 41.5 Å². The van der Waals surface area contributed by atoms with Crippen molar-refractivity contribution in [3.63, 3.8) is 0 Å². The molecule has 13 nitrogen and oxygen atoms in total. The zero-order valence-corrected chi connectivity index (χ0v) is 30.9. The molecule has 4 aromatic rings. The van der Waals surface area contributed by atoms with E-state index in [4.69, 9.17) is 28.7 Å². The van der Waals surface area contributed by atoms with E-state index in [1.165, 1.54) is 7.11 Å². The Morgan fingerprint density at radius 2 is 1.67 bits per heavy atom. The number of ether oxygens (including phenoxy) is 3. The lowest BCUT2D eigenvalue weighted by Crippen LogP contribution is -2.49. The number of carbonyl (C=O) groups excluding carboxylic acids is 2. The first-order chi connectivity index (χ1) is 26.6. The monoisotopic (exact) mass is 763 g/mol. The van der Waals surface area contributed by atoms with Gasteiger partial charge in [-0.25, -0.2) is 23.5 Å². The summed E-state index contributed by atoms with van der Waals surface area (Å²) in [6.45, 7) is 4.60. The molecule has 3 heterocycles. The molecule has 8 rings (SSSR count). The Bertz CT molecular complexity index is 1980. The molecule has 3 saturated carbocycles. The summed E-state index contributed by atoms with van der Waals surface area (Å²) >= 11 is 0. The van der Waals surface area contributed by atoms with Crippen LogP contribution in [0.25, 0.3) is 11.6 Å². The molecule has 2 bridgehead atoms. The molecule has 0 atom stereocenters. The molecule has 0 unspecified atom stereocenters. The van der Waals surface area contributed by atoms with Crippen molar-refractivity contribution in [2.45, 2.75) is 70.3 Å². The molecular formula is C39H44F3N7O6. The van der Waals surface area contributed by atoms with Crippen LogP contribution in [0.4, 0.5) is 23.9 Å². The van der Waals surface area contributed by atoms with Gasteiger partial charge in [0.25, 0.3) is 11.8 Å². The number of hydrogen-bond acceptors (Lipinski definition) is 11. The predicted octanol–water partition coefficient (Wildman–Crippen LogP) is 6.61. The van der Waals surface area contributed by atoms with Crippen LogP contribution in [0.2, 0.25) is 0 Å². The fourth-order valence-corrected chi connectivity index (χ4v) is 7.63. The molecule has 2 aromatic heterocycles. The van der Waals surface area contributed by atoms with E-state index in [1.807, 2.05) is 11.8 Å². The van der Waals surface area contributed by atoms with Gasteiger partial charge in [-0.05, 0) is 80.2 Å². The summed E-state index contributed by atoms with van der Waals surface area (Å²) in [5, 5.41) is 7.12. The van der Waals surface area contributed by atoms with Crippen molar-refractivity contribution in [3.8, 4) is 23.1 Å². The Morgan fingerprint density at radius 1 is 0.945 bits per heavy atom. The predicted molar refractivity (Wildman–Crippen MR) is 193 cm³/mol. The highest BCUT2D eigenvalue weighted by atomic mass is 19.2. The van der Waals surface area contributed by atoms with Gasteiger partial charge in [0.1, 0.15) is 18.1 Å². The van der Waals surface area contributed by atoms with Crippen molar-refractivity contribution in [1.29, 1.82) is 0 Å². The lowest BCUT2D eigenvalue weighted by molar-refractivity contribution is 0.0334. The third-order valence-electron chi connectivity index (χ3n) is 11.2. The smallest absolute Gasteiger partial charge is 0.409 e. The molecule has 16 heteroatoms. The van der Waals surface area contributed by atoms with Crippen LogP contribution in [0.5, 0.6) is 11.5 Å². The number of carbonyl (C=O) groups is 2. The maximum absolute atomic E-state index is 15.1. The van der Waals surface area contributed by atoms with Crippen LogP contribution in [0, 0.1) is 22.9 Å². The van der Waals surface area contributed by atoms with Gasteiger partial charge in [-0.2, -0.15) is 9.37 Å². The van der Waals surface area contributed by atoms with Crippen LogP contribution in [0.1, 0.15) is 80.0 Å². The van der Waals surface area contributed by atoms with Crippen LogP contribution in [0.15, 0.2) is 47.1 Å². The molecule has 4 fully saturated rings. The number of nitrogens with one attached hydrogen (secondary N) is 1. The highest BCUT2D eigenvalue weighted by molar-refractivity contribution is 5.94. The maximum Gasteiger partial charge on any atom is 0.409 e. The van der Waals surface area contributed by atoms with Gasteiger partial charge in [-0.3, -0.25) is 4.79 Å². The van der Waals surface area contributed by atoms with Gasteiger partial charge in [0.15, 0.2) is 23.2 Å². The number of hydrogen-bond donors (Lipinski definition) is 1. The molecule has 2 aromatic carbocycles. The SMILES string of the molecule is CCCCOC(=O)N1CCN(c2nccc(-c3nc(C45CCC(CNC(=O)c6cc(F)c(OCc7ccc(OC)cc7)c(F)c6F)(CC4)CC5)no3)n2)CC1. The number of halogens is 3. The molecule has 1 N–H and O–H groups in total. The summed E-state index contributed by atoms with van der Waals surface area (Å²) in [5.41, 5.74) is -0.180. The number of methoxy groups -OCH3 is 1. The summed E-state index contributed by atoms with van der Waals surface area (Å²) in [6, 6.07) is 9.04. The van der Waals surface area contributed by atoms with Crippen LogP contribution >= 0.6 is 0 Å². The number of benzene rings is 2. The van der Waals surface area contributed by atoms with Gasteiger partial charge < -0.3 is 33.9 Å². The minimum Gasteiger partial charge on any atom is -0.497 e. The summed E-state index contributed by atoms with van der Waals surface area (Å²) in [5.74, 6) is -3.98. The van der Waals surface area contributed by atoms with Crippen LogP contribution < -0.4 is 19.7 Å². The average Bonchev–Trinajstić information content (AvgIpc) is 3.74. The highest BCUT2D eigenvalue weighted by Gasteiger charge is 2.51. The average molecular weight is 764 g/mol. The largest absolute Gasteiger partial charge is 0.497 e. The first-order valence-electron chi connectivity index (χ1n) is 18.7. The van der Waals surface area contributed by atoms with Crippen molar-refractivity contribution >= 4 is 17.9 Å². The quantitative estimate of drug-likeness (QED) is 0.116. The van der Waals surface area contributed by atoms with Gasteiger partial charge in [0.05, 0.1) is 19.3 Å². The minimum absolute atomic E-state index is 0.210. The van der Waals surface area contributed by atoms with E-state index in [2.05, 4.69) is 15.5 Å². The van der Waals surface area contributed by atoms with E-state index in [-0.39, 0.29) is 30.1 Å². The molecule has 0 radical (unpaired) electrons. The topological polar surface area (TPSA) is 145 Å². The molecule has 3 aliphatic carbocycles. The van der Waals surface area contributed by atoms with Gasteiger partial charge >= 0.3 is 6.09 Å². The van der Waals surface area contributed by atoms with Gasteiger partial charge in [0, 0.05) is 44.3 Å². The van der Waals surface area contributed by atoms with Crippen LogP contribution in [-0.4, -0.2) is 83.4 Å². The van der Waals surface area contributed by atoms with E-state index in [1.54, 1.807) is 41.4 Å². The Labute approximate surface area is 316 Å². The van der Waals surface area contributed by atoms with E-state index in [9.17, 15) is 18.4 Å². The first-order valence-corrected chi connectivity index (χ1v) is 18.7. The summed E-state index contributed by atoms with van der Waals surface area (Å²) in [4.78, 5) is 43.0. The Morgan fingerprint density at radius 3 is 2.36 bits per heavy atom. The number of anilines is 1. The molecular weight excluding hydrogens is 719 g/mol. The molecule has 1 saturated heterocycles. The fraction of sp³-hybridized carbons (Fsp3) is 0.487. The Hall–Kier alpha value is -5.41. The summed E-state index contributed by atoms with van der Waals surface area (Å²) < 4.78 is 66.4. The number of fused-ring (bicyclic) bond motifs is 3. The molecule has 0 spiro atoms.